The molecular formula is C24H28N2O5. The summed E-state index contributed by atoms with van der Waals surface area (Å²) in [7, 11) is 1.62. The second-order valence-corrected chi connectivity index (χ2v) is 8.26. The Morgan fingerprint density at radius 2 is 1.84 bits per heavy atom. The van der Waals surface area contributed by atoms with E-state index in [1.54, 1.807) is 12.0 Å². The van der Waals surface area contributed by atoms with Crippen LogP contribution in [0.5, 0.6) is 5.75 Å². The molecule has 2 aromatic carbocycles. The Hall–Kier alpha value is -3.06. The molecule has 7 heteroatoms. The van der Waals surface area contributed by atoms with E-state index in [-0.39, 0.29) is 19.1 Å². The van der Waals surface area contributed by atoms with Crippen molar-refractivity contribution in [1.29, 1.82) is 0 Å². The van der Waals surface area contributed by atoms with E-state index in [2.05, 4.69) is 0 Å². The van der Waals surface area contributed by atoms with Crippen molar-refractivity contribution >= 4 is 12.0 Å². The Morgan fingerprint density at radius 1 is 1.10 bits per heavy atom. The normalized spacial score (nSPS) is 23.3. The Balaban J connectivity index is 1.32. The predicted molar refractivity (Wildman–Crippen MR) is 114 cm³/mol. The second kappa shape index (κ2) is 8.98. The molecule has 1 N–H and O–H groups in total. The first-order valence-electron chi connectivity index (χ1n) is 10.6. The molecule has 7 nitrogen and oxygen atoms in total. The van der Waals surface area contributed by atoms with Crippen LogP contribution >= 0.6 is 0 Å². The largest absolute Gasteiger partial charge is 0.497 e. The van der Waals surface area contributed by atoms with E-state index in [9.17, 15) is 14.7 Å². The lowest BCUT2D eigenvalue weighted by Gasteiger charge is -2.28. The third kappa shape index (κ3) is 4.66. The Bertz CT molecular complexity index is 917. The van der Waals surface area contributed by atoms with Crippen LogP contribution in [0.2, 0.25) is 0 Å². The summed E-state index contributed by atoms with van der Waals surface area (Å²) in [5, 5.41) is 11.2. The Labute approximate surface area is 182 Å². The number of benzene rings is 2. The first-order chi connectivity index (χ1) is 15.0. The molecule has 2 fully saturated rings. The molecule has 4 rings (SSSR count). The first kappa shape index (κ1) is 21.2. The highest BCUT2D eigenvalue weighted by Crippen LogP contribution is 2.36. The van der Waals surface area contributed by atoms with Crippen LogP contribution in [-0.4, -0.2) is 59.3 Å². The predicted octanol–water partition coefficient (Wildman–Crippen LogP) is 2.82. The number of aliphatic hydroxyl groups is 1. The minimum atomic E-state index is -1.21. The molecule has 2 aromatic rings. The van der Waals surface area contributed by atoms with Gasteiger partial charge in [0.25, 0.3) is 0 Å². The zero-order chi connectivity index (χ0) is 21.8. The van der Waals surface area contributed by atoms with Crippen LogP contribution < -0.4 is 4.74 Å². The van der Waals surface area contributed by atoms with E-state index >= 15 is 0 Å². The fourth-order valence-electron chi connectivity index (χ4n) is 4.41. The van der Waals surface area contributed by atoms with Gasteiger partial charge >= 0.3 is 6.09 Å². The van der Waals surface area contributed by atoms with Crippen molar-refractivity contribution in [2.75, 3.05) is 26.7 Å². The smallest absolute Gasteiger partial charge is 0.410 e. The molecule has 0 radical (unpaired) electrons. The number of ether oxygens (including phenoxy) is 2. The van der Waals surface area contributed by atoms with Crippen molar-refractivity contribution in [3.63, 3.8) is 0 Å². The van der Waals surface area contributed by atoms with Crippen LogP contribution in [0, 0.1) is 5.92 Å². The summed E-state index contributed by atoms with van der Waals surface area (Å²) in [5.74, 6) is 0.212. The third-order valence-corrected chi connectivity index (χ3v) is 6.22. The van der Waals surface area contributed by atoms with Crippen molar-refractivity contribution < 1.29 is 24.2 Å². The number of hydrogen-bond donors (Lipinski definition) is 1. The standard InChI is InChI=1S/C24H28N2O5/c1-30-20-9-7-18(8-10-20)15-25-13-11-21(22(25)27)24(29)12-14-26(17-24)23(28)31-16-19-5-3-2-4-6-19/h2-10,21,29H,11-17H2,1H3. The van der Waals surface area contributed by atoms with E-state index in [4.69, 9.17) is 9.47 Å². The van der Waals surface area contributed by atoms with Crippen molar-refractivity contribution in [1.82, 2.24) is 9.80 Å². The summed E-state index contributed by atoms with van der Waals surface area (Å²) in [6.45, 7) is 1.78. The van der Waals surface area contributed by atoms with Crippen LogP contribution in [-0.2, 0) is 22.7 Å². The van der Waals surface area contributed by atoms with Gasteiger partial charge in [-0.25, -0.2) is 4.79 Å². The molecule has 2 saturated heterocycles. The van der Waals surface area contributed by atoms with Crippen LogP contribution in [0.1, 0.15) is 24.0 Å². The van der Waals surface area contributed by atoms with Gasteiger partial charge in [0.1, 0.15) is 12.4 Å². The molecule has 2 aliphatic heterocycles. The molecule has 0 spiro atoms. The fourth-order valence-corrected chi connectivity index (χ4v) is 4.41. The molecule has 2 heterocycles. The van der Waals surface area contributed by atoms with E-state index < -0.39 is 17.6 Å². The van der Waals surface area contributed by atoms with Gasteiger partial charge in [-0.1, -0.05) is 42.5 Å². The van der Waals surface area contributed by atoms with Crippen molar-refractivity contribution in [2.45, 2.75) is 31.6 Å². The summed E-state index contributed by atoms with van der Waals surface area (Å²) < 4.78 is 10.6. The van der Waals surface area contributed by atoms with Crippen LogP contribution in [0.15, 0.2) is 54.6 Å². The number of hydrogen-bond acceptors (Lipinski definition) is 5. The van der Waals surface area contributed by atoms with Crippen LogP contribution in [0.4, 0.5) is 4.79 Å². The fraction of sp³-hybridized carbons (Fsp3) is 0.417. The van der Waals surface area contributed by atoms with Gasteiger partial charge in [0, 0.05) is 19.6 Å². The number of carbonyl (C=O) groups excluding carboxylic acids is 2. The molecule has 0 aliphatic carbocycles. The summed E-state index contributed by atoms with van der Waals surface area (Å²) in [6, 6.07) is 17.1. The van der Waals surface area contributed by atoms with Crippen molar-refractivity contribution in [3.8, 4) is 5.75 Å². The van der Waals surface area contributed by atoms with Crippen LogP contribution in [0.25, 0.3) is 0 Å². The first-order valence-corrected chi connectivity index (χ1v) is 10.6. The topological polar surface area (TPSA) is 79.3 Å². The van der Waals surface area contributed by atoms with E-state index in [0.717, 1.165) is 16.9 Å². The summed E-state index contributed by atoms with van der Waals surface area (Å²) in [5.41, 5.74) is 0.710. The molecule has 2 atom stereocenters. The van der Waals surface area contributed by atoms with E-state index in [0.29, 0.717) is 32.5 Å². The minimum Gasteiger partial charge on any atom is -0.497 e. The Kier molecular flexibility index (Phi) is 6.13. The maximum Gasteiger partial charge on any atom is 0.410 e. The highest BCUT2D eigenvalue weighted by atomic mass is 16.6. The monoisotopic (exact) mass is 424 g/mol. The molecule has 31 heavy (non-hydrogen) atoms. The minimum absolute atomic E-state index is 0.0576. The number of methoxy groups -OCH3 is 1. The highest BCUT2D eigenvalue weighted by molar-refractivity contribution is 5.82. The van der Waals surface area contributed by atoms with Gasteiger partial charge in [0.15, 0.2) is 0 Å². The number of amides is 2. The highest BCUT2D eigenvalue weighted by Gasteiger charge is 2.51. The van der Waals surface area contributed by atoms with Gasteiger partial charge in [-0.15, -0.1) is 0 Å². The maximum atomic E-state index is 13.0. The van der Waals surface area contributed by atoms with Gasteiger partial charge in [-0.2, -0.15) is 0 Å². The molecule has 2 unspecified atom stereocenters. The van der Waals surface area contributed by atoms with E-state index in [1.165, 1.54) is 4.90 Å². The molecule has 164 valence electrons. The van der Waals surface area contributed by atoms with Gasteiger partial charge in [0.2, 0.25) is 5.91 Å². The third-order valence-electron chi connectivity index (χ3n) is 6.22. The van der Waals surface area contributed by atoms with Crippen molar-refractivity contribution in [2.24, 2.45) is 5.92 Å². The lowest BCUT2D eigenvalue weighted by atomic mass is 9.85. The zero-order valence-electron chi connectivity index (χ0n) is 17.7. The SMILES string of the molecule is COc1ccc(CN2CCC(C3(O)CCN(C(=O)OCc4ccccc4)C3)C2=O)cc1. The molecule has 0 bridgehead atoms. The number of β-amino-alcohol motifs (C(OH)–C–C–N with tert-alkyl or cyclic N) is 1. The lowest BCUT2D eigenvalue weighted by molar-refractivity contribution is -0.138. The summed E-state index contributed by atoms with van der Waals surface area (Å²) >= 11 is 0. The van der Waals surface area contributed by atoms with E-state index in [1.807, 2.05) is 54.6 Å². The average molecular weight is 424 g/mol. The quantitative estimate of drug-likeness (QED) is 0.772. The maximum absolute atomic E-state index is 13.0. The van der Waals surface area contributed by atoms with Gasteiger partial charge in [-0.05, 0) is 36.1 Å². The molecular weight excluding hydrogens is 396 g/mol. The van der Waals surface area contributed by atoms with Gasteiger partial charge in [-0.3, -0.25) is 4.79 Å². The Morgan fingerprint density at radius 3 is 2.55 bits per heavy atom. The van der Waals surface area contributed by atoms with Gasteiger partial charge < -0.3 is 24.4 Å². The molecule has 2 aliphatic rings. The lowest BCUT2D eigenvalue weighted by Crippen LogP contribution is -2.45. The second-order valence-electron chi connectivity index (χ2n) is 8.26. The number of likely N-dealkylation sites (tertiary alicyclic amines) is 2. The number of carbonyl (C=O) groups is 2. The molecule has 0 saturated carbocycles. The number of nitrogens with zero attached hydrogens (tertiary/aromatic N) is 2. The summed E-state index contributed by atoms with van der Waals surface area (Å²) in [6.07, 6.45) is 0.499. The molecule has 2 amide bonds. The van der Waals surface area contributed by atoms with Crippen LogP contribution in [0.3, 0.4) is 0 Å². The summed E-state index contributed by atoms with van der Waals surface area (Å²) in [4.78, 5) is 28.7. The van der Waals surface area contributed by atoms with Gasteiger partial charge in [0.05, 0.1) is 25.2 Å². The zero-order valence-corrected chi connectivity index (χ0v) is 17.7. The average Bonchev–Trinajstić information content (AvgIpc) is 3.37. The molecule has 0 aromatic heterocycles. The number of rotatable bonds is 6. The van der Waals surface area contributed by atoms with Crippen molar-refractivity contribution in [3.05, 3.63) is 65.7 Å².